The molecule has 26 heavy (non-hydrogen) atoms. The van der Waals surface area contributed by atoms with Crippen molar-refractivity contribution in [3.05, 3.63) is 64.6 Å². The number of halogens is 1. The third-order valence-electron chi connectivity index (χ3n) is 3.44. The minimum atomic E-state index is -1.05. The van der Waals surface area contributed by atoms with Gasteiger partial charge in [0.2, 0.25) is 0 Å². The minimum absolute atomic E-state index is 0. The standard InChI is InChI=1S/C18H14ClN3O2S.Na.H/c1-10-9-11(2)22-18(21-10)25-16-15(17(23)24)14(7-8-20-16)12-3-5-13(19)6-4-12;;/h3-9H,1-2H3,(H,23,24);;. The summed E-state index contributed by atoms with van der Waals surface area (Å²) in [6, 6.07) is 10.6. The van der Waals surface area contributed by atoms with Crippen molar-refractivity contribution in [1.82, 2.24) is 15.0 Å². The Labute approximate surface area is 182 Å². The Morgan fingerprint density at radius 3 is 2.27 bits per heavy atom. The van der Waals surface area contributed by atoms with Gasteiger partial charge in [0.1, 0.15) is 5.03 Å². The average molecular weight is 396 g/mol. The van der Waals surface area contributed by atoms with Crippen molar-refractivity contribution in [3.8, 4) is 11.1 Å². The summed E-state index contributed by atoms with van der Waals surface area (Å²) in [7, 11) is 0. The first-order chi connectivity index (χ1) is 11.9. The van der Waals surface area contributed by atoms with E-state index < -0.39 is 5.97 Å². The number of aromatic nitrogens is 3. The van der Waals surface area contributed by atoms with Crippen molar-refractivity contribution < 1.29 is 9.90 Å². The zero-order valence-corrected chi connectivity index (χ0v) is 15.1. The van der Waals surface area contributed by atoms with Gasteiger partial charge < -0.3 is 5.11 Å². The van der Waals surface area contributed by atoms with Crippen LogP contribution in [0.3, 0.4) is 0 Å². The number of pyridine rings is 1. The Morgan fingerprint density at radius 1 is 1.08 bits per heavy atom. The molecule has 0 aliphatic rings. The predicted octanol–water partition coefficient (Wildman–Crippen LogP) is 4.01. The Hall–Kier alpha value is -1.44. The van der Waals surface area contributed by atoms with E-state index in [1.165, 1.54) is 0 Å². The van der Waals surface area contributed by atoms with Crippen LogP contribution in [0.2, 0.25) is 5.02 Å². The maximum atomic E-state index is 11.9. The summed E-state index contributed by atoms with van der Waals surface area (Å²) >= 11 is 7.06. The second kappa shape index (κ2) is 8.97. The SMILES string of the molecule is Cc1cc(C)nc(Sc2nccc(-c3ccc(Cl)cc3)c2C(=O)O)n1.[NaH]. The fourth-order valence-electron chi connectivity index (χ4n) is 2.42. The van der Waals surface area contributed by atoms with Crippen LogP contribution < -0.4 is 0 Å². The van der Waals surface area contributed by atoms with Crippen LogP contribution in [-0.4, -0.2) is 55.6 Å². The van der Waals surface area contributed by atoms with Crippen LogP contribution in [0, 0.1) is 13.8 Å². The van der Waals surface area contributed by atoms with E-state index in [1.807, 2.05) is 19.9 Å². The van der Waals surface area contributed by atoms with Crippen LogP contribution in [0.4, 0.5) is 0 Å². The number of hydrogen-bond acceptors (Lipinski definition) is 5. The van der Waals surface area contributed by atoms with Gasteiger partial charge in [0.25, 0.3) is 0 Å². The molecule has 0 bridgehead atoms. The molecule has 3 rings (SSSR count). The molecular formula is C18H15ClN3NaO2S. The van der Waals surface area contributed by atoms with Gasteiger partial charge in [0, 0.05) is 28.2 Å². The summed E-state index contributed by atoms with van der Waals surface area (Å²) in [5.74, 6) is -1.05. The molecule has 1 N–H and O–H groups in total. The summed E-state index contributed by atoms with van der Waals surface area (Å²) in [4.78, 5) is 24.8. The second-order valence-electron chi connectivity index (χ2n) is 5.39. The van der Waals surface area contributed by atoms with Crippen LogP contribution >= 0.6 is 23.4 Å². The molecule has 0 saturated carbocycles. The number of hydrogen-bond donors (Lipinski definition) is 1. The van der Waals surface area contributed by atoms with Gasteiger partial charge >= 0.3 is 35.5 Å². The van der Waals surface area contributed by atoms with E-state index in [1.54, 1.807) is 36.5 Å². The van der Waals surface area contributed by atoms with Gasteiger partial charge in [-0.15, -0.1) is 0 Å². The molecule has 0 saturated heterocycles. The van der Waals surface area contributed by atoms with E-state index in [9.17, 15) is 9.90 Å². The zero-order chi connectivity index (χ0) is 18.0. The first-order valence-electron chi connectivity index (χ1n) is 7.42. The van der Waals surface area contributed by atoms with Gasteiger partial charge in [-0.1, -0.05) is 23.7 Å². The molecule has 3 aromatic rings. The number of nitrogens with zero attached hydrogens (tertiary/aromatic N) is 3. The molecule has 0 atom stereocenters. The van der Waals surface area contributed by atoms with E-state index in [0.29, 0.717) is 20.8 Å². The van der Waals surface area contributed by atoms with E-state index in [0.717, 1.165) is 28.7 Å². The molecule has 0 amide bonds. The van der Waals surface area contributed by atoms with Crippen molar-refractivity contribution >= 4 is 58.9 Å². The second-order valence-corrected chi connectivity index (χ2v) is 6.78. The quantitative estimate of drug-likeness (QED) is 0.531. The van der Waals surface area contributed by atoms with Crippen LogP contribution in [0.25, 0.3) is 11.1 Å². The van der Waals surface area contributed by atoms with Crippen LogP contribution in [0.5, 0.6) is 0 Å². The number of rotatable bonds is 4. The molecule has 0 unspecified atom stereocenters. The van der Waals surface area contributed by atoms with Gasteiger partial charge in [0.05, 0.1) is 5.56 Å². The number of aryl methyl sites for hydroxylation is 2. The summed E-state index contributed by atoms with van der Waals surface area (Å²) in [6.45, 7) is 3.74. The monoisotopic (exact) mass is 395 g/mol. The number of benzene rings is 1. The molecule has 0 aliphatic carbocycles. The van der Waals surface area contributed by atoms with E-state index in [2.05, 4.69) is 15.0 Å². The fraction of sp³-hybridized carbons (Fsp3) is 0.111. The van der Waals surface area contributed by atoms with Gasteiger partial charge in [-0.3, -0.25) is 0 Å². The summed E-state index contributed by atoms with van der Waals surface area (Å²) in [6.07, 6.45) is 1.58. The number of carboxylic acid groups (broad SMARTS) is 1. The Morgan fingerprint density at radius 2 is 1.69 bits per heavy atom. The normalized spacial score (nSPS) is 10.3. The Kier molecular flexibility index (Phi) is 7.20. The van der Waals surface area contributed by atoms with Gasteiger partial charge in [0.15, 0.2) is 5.16 Å². The van der Waals surface area contributed by atoms with Gasteiger partial charge in [-0.05, 0) is 55.4 Å². The van der Waals surface area contributed by atoms with Crippen molar-refractivity contribution in [3.63, 3.8) is 0 Å². The average Bonchev–Trinajstić information content (AvgIpc) is 2.54. The molecule has 5 nitrogen and oxygen atoms in total. The third kappa shape index (κ3) is 4.84. The molecule has 0 aliphatic heterocycles. The fourth-order valence-corrected chi connectivity index (χ4v) is 3.51. The van der Waals surface area contributed by atoms with Gasteiger partial charge in [-0.25, -0.2) is 19.7 Å². The first-order valence-corrected chi connectivity index (χ1v) is 8.62. The molecule has 2 aromatic heterocycles. The summed E-state index contributed by atoms with van der Waals surface area (Å²) in [5.41, 5.74) is 3.09. The van der Waals surface area contributed by atoms with Crippen LogP contribution in [0.15, 0.2) is 52.8 Å². The molecule has 128 valence electrons. The number of carboxylic acids is 1. The van der Waals surface area contributed by atoms with E-state index in [4.69, 9.17) is 11.6 Å². The van der Waals surface area contributed by atoms with Crippen molar-refractivity contribution in [1.29, 1.82) is 0 Å². The van der Waals surface area contributed by atoms with Gasteiger partial charge in [-0.2, -0.15) is 0 Å². The zero-order valence-electron chi connectivity index (χ0n) is 13.5. The van der Waals surface area contributed by atoms with Crippen LogP contribution in [0.1, 0.15) is 21.7 Å². The van der Waals surface area contributed by atoms with Crippen molar-refractivity contribution in [2.45, 2.75) is 24.0 Å². The molecule has 8 heteroatoms. The third-order valence-corrected chi connectivity index (χ3v) is 4.56. The number of carbonyl (C=O) groups is 1. The molecule has 0 spiro atoms. The van der Waals surface area contributed by atoms with E-state index >= 15 is 0 Å². The molecule has 0 radical (unpaired) electrons. The van der Waals surface area contributed by atoms with E-state index in [-0.39, 0.29) is 35.1 Å². The summed E-state index contributed by atoms with van der Waals surface area (Å²) < 4.78 is 0. The van der Waals surface area contributed by atoms with Crippen LogP contribution in [-0.2, 0) is 0 Å². The first kappa shape index (κ1) is 20.9. The molecular weight excluding hydrogens is 381 g/mol. The predicted molar refractivity (Wildman–Crippen MR) is 104 cm³/mol. The molecule has 1 aromatic carbocycles. The number of aromatic carboxylic acids is 1. The summed E-state index contributed by atoms with van der Waals surface area (Å²) in [5, 5.41) is 11.1. The van der Waals surface area contributed by atoms with Crippen molar-refractivity contribution in [2.24, 2.45) is 0 Å². The molecule has 2 heterocycles. The van der Waals surface area contributed by atoms with Crippen molar-refractivity contribution in [2.75, 3.05) is 0 Å². The molecule has 0 fully saturated rings. The Balaban J connectivity index is 0.00000243. The Bertz CT molecular complexity index is 931. The maximum absolute atomic E-state index is 11.9. The topological polar surface area (TPSA) is 76.0 Å².